The molecule has 0 spiro atoms. The lowest BCUT2D eigenvalue weighted by atomic mass is 9.91. The van der Waals surface area contributed by atoms with Gasteiger partial charge in [-0.1, -0.05) is 24.6 Å². The van der Waals surface area contributed by atoms with Crippen LogP contribution in [-0.4, -0.2) is 80.9 Å². The first-order valence-corrected chi connectivity index (χ1v) is 16.1. The maximum Gasteiger partial charge on any atom is 0.126 e. The van der Waals surface area contributed by atoms with Crippen molar-refractivity contribution in [2.24, 2.45) is 22.6 Å². The van der Waals surface area contributed by atoms with E-state index in [2.05, 4.69) is 41.1 Å². The number of hydrogen-bond donors (Lipinski definition) is 2. The van der Waals surface area contributed by atoms with Crippen LogP contribution < -0.4 is 15.2 Å². The first-order chi connectivity index (χ1) is 21.4. The van der Waals surface area contributed by atoms with Crippen LogP contribution in [0.3, 0.4) is 0 Å². The van der Waals surface area contributed by atoms with Crippen molar-refractivity contribution in [3.05, 3.63) is 82.6 Å². The van der Waals surface area contributed by atoms with Crippen LogP contribution in [0.15, 0.2) is 70.9 Å². The van der Waals surface area contributed by atoms with E-state index in [1.54, 1.807) is 14.2 Å². The Morgan fingerprint density at radius 3 is 2.41 bits per heavy atom. The molecule has 3 atom stereocenters. The molecule has 4 aliphatic rings. The van der Waals surface area contributed by atoms with Crippen molar-refractivity contribution in [1.82, 2.24) is 9.80 Å². The van der Waals surface area contributed by atoms with E-state index >= 15 is 0 Å². The van der Waals surface area contributed by atoms with Gasteiger partial charge in [0.15, 0.2) is 0 Å². The first kappa shape index (κ1) is 30.4. The number of likely N-dealkylation sites (N-methyl/N-ethyl adjacent to an activating group) is 1. The number of aliphatic imine (C=N–C) groups is 1. The molecule has 8 nitrogen and oxygen atoms in total. The molecule has 1 saturated carbocycles. The average molecular weight is 598 g/mol. The molecule has 2 aliphatic carbocycles. The molecule has 6 rings (SSSR count). The van der Waals surface area contributed by atoms with Gasteiger partial charge in [-0.05, 0) is 99.2 Å². The van der Waals surface area contributed by atoms with Crippen LogP contribution in [0, 0.1) is 17.2 Å². The fraction of sp³-hybridized carbons (Fsp3) is 0.500. The van der Waals surface area contributed by atoms with Gasteiger partial charge in [0.2, 0.25) is 0 Å². The second kappa shape index (κ2) is 13.6. The molecule has 234 valence electrons. The molecule has 3 N–H and O–H groups in total. The Morgan fingerprint density at radius 2 is 1.68 bits per heavy atom. The summed E-state index contributed by atoms with van der Waals surface area (Å²) in [5, 5.41) is 9.10. The third-order valence-corrected chi connectivity index (χ3v) is 9.85. The zero-order valence-electron chi connectivity index (χ0n) is 26.4. The third-order valence-electron chi connectivity index (χ3n) is 9.85. The van der Waals surface area contributed by atoms with Crippen LogP contribution in [-0.2, 0) is 11.3 Å². The molecule has 2 aliphatic heterocycles. The number of ether oxygens (including phenoxy) is 3. The second-order valence-electron chi connectivity index (χ2n) is 12.7. The van der Waals surface area contributed by atoms with Crippen molar-refractivity contribution in [2.75, 3.05) is 47.5 Å². The summed E-state index contributed by atoms with van der Waals surface area (Å²) in [5.41, 5.74) is 11.1. The van der Waals surface area contributed by atoms with Gasteiger partial charge in [0.05, 0.1) is 31.7 Å². The number of nitrogens with two attached hydrogens (primary N) is 1. The Morgan fingerprint density at radius 1 is 0.909 bits per heavy atom. The van der Waals surface area contributed by atoms with E-state index in [4.69, 9.17) is 30.3 Å². The number of hydrogen-bond acceptors (Lipinski definition) is 7. The van der Waals surface area contributed by atoms with E-state index in [0.29, 0.717) is 35.2 Å². The number of methoxy groups -OCH3 is 2. The Hall–Kier alpha value is -3.62. The summed E-state index contributed by atoms with van der Waals surface area (Å²) in [6.45, 7) is 4.79. The number of rotatable bonds is 11. The van der Waals surface area contributed by atoms with Gasteiger partial charge in [-0.2, -0.15) is 0 Å². The topological polar surface area (TPSA) is 96.4 Å². The highest BCUT2D eigenvalue weighted by Gasteiger charge is 2.46. The van der Waals surface area contributed by atoms with Gasteiger partial charge in [0.25, 0.3) is 0 Å². The summed E-state index contributed by atoms with van der Waals surface area (Å²) >= 11 is 0. The monoisotopic (exact) mass is 597 g/mol. The van der Waals surface area contributed by atoms with Gasteiger partial charge in [-0.3, -0.25) is 15.3 Å². The first-order valence-electron chi connectivity index (χ1n) is 16.1. The minimum Gasteiger partial charge on any atom is -0.501 e. The quantitative estimate of drug-likeness (QED) is 0.266. The van der Waals surface area contributed by atoms with E-state index in [1.165, 1.54) is 31.4 Å². The zero-order valence-corrected chi connectivity index (χ0v) is 26.4. The summed E-state index contributed by atoms with van der Waals surface area (Å²) in [5.74, 6) is 3.89. The second-order valence-corrected chi connectivity index (χ2v) is 12.7. The largest absolute Gasteiger partial charge is 0.501 e. The maximum atomic E-state index is 9.10. The van der Waals surface area contributed by atoms with Crippen molar-refractivity contribution < 1.29 is 14.2 Å². The lowest BCUT2D eigenvalue weighted by Crippen LogP contribution is -2.40. The smallest absolute Gasteiger partial charge is 0.126 e. The highest BCUT2D eigenvalue weighted by atomic mass is 16.5. The van der Waals surface area contributed by atoms with Crippen LogP contribution in [0.1, 0.15) is 55.2 Å². The number of allylic oxidation sites excluding steroid dienone is 4. The summed E-state index contributed by atoms with van der Waals surface area (Å²) < 4.78 is 17.2. The van der Waals surface area contributed by atoms with E-state index in [-0.39, 0.29) is 6.04 Å². The van der Waals surface area contributed by atoms with Gasteiger partial charge in [0, 0.05) is 42.7 Å². The highest BCUT2D eigenvalue weighted by Crippen LogP contribution is 2.52. The average Bonchev–Trinajstić information content (AvgIpc) is 3.86. The molecule has 0 amide bonds. The van der Waals surface area contributed by atoms with E-state index in [1.807, 2.05) is 30.4 Å². The fourth-order valence-electron chi connectivity index (χ4n) is 6.97. The minimum absolute atomic E-state index is 0.155. The summed E-state index contributed by atoms with van der Waals surface area (Å²) in [6.07, 6.45) is 10.8. The Labute approximate surface area is 262 Å². The van der Waals surface area contributed by atoms with Crippen LogP contribution >= 0.6 is 0 Å². The van der Waals surface area contributed by atoms with E-state index < -0.39 is 0 Å². The molecule has 2 saturated heterocycles. The summed E-state index contributed by atoms with van der Waals surface area (Å²) in [6, 6.07) is 15.0. The van der Waals surface area contributed by atoms with E-state index in [0.717, 1.165) is 73.7 Å². The third kappa shape index (κ3) is 6.87. The van der Waals surface area contributed by atoms with Crippen molar-refractivity contribution >= 4 is 11.5 Å². The molecule has 3 unspecified atom stereocenters. The molecule has 44 heavy (non-hydrogen) atoms. The zero-order chi connectivity index (χ0) is 30.6. The number of piperidine rings is 2. The van der Waals surface area contributed by atoms with Crippen LogP contribution in [0.25, 0.3) is 0 Å². The van der Waals surface area contributed by atoms with Gasteiger partial charge in [0.1, 0.15) is 23.9 Å². The number of nitrogens with zero attached hydrogens (tertiary/aromatic N) is 3. The van der Waals surface area contributed by atoms with Crippen molar-refractivity contribution in [3.8, 4) is 11.5 Å². The molecule has 0 radical (unpaired) electrons. The highest BCUT2D eigenvalue weighted by molar-refractivity contribution is 6.18. The molecule has 0 aromatic heterocycles. The van der Waals surface area contributed by atoms with Crippen LogP contribution in [0.4, 0.5) is 0 Å². The summed E-state index contributed by atoms with van der Waals surface area (Å²) in [4.78, 5) is 9.90. The van der Waals surface area contributed by atoms with Gasteiger partial charge >= 0.3 is 0 Å². The predicted octanol–water partition coefficient (Wildman–Crippen LogP) is 5.40. The molecule has 2 heterocycles. The maximum absolute atomic E-state index is 9.10. The Bertz CT molecular complexity index is 1420. The number of fused-ring (bicyclic) bond motifs is 1. The molecular formula is C36H47N5O3. The number of likely N-dealkylation sites (tertiary alicyclic amines) is 2. The Kier molecular flexibility index (Phi) is 9.38. The number of benzene rings is 2. The fourth-order valence-corrected chi connectivity index (χ4v) is 6.97. The lowest BCUT2D eigenvalue weighted by molar-refractivity contribution is 0.125. The molecule has 3 fully saturated rings. The SMILES string of the molecule is COC1=CC=C(C(=N)c2ccc(OC)cc2C(N)=NC2CCN(Cc3ccc(OCC4CCCCN4C)cc3)CC2)C2CC12. The molecule has 0 bridgehead atoms. The van der Waals surface area contributed by atoms with Crippen molar-refractivity contribution in [2.45, 2.75) is 57.2 Å². The normalized spacial score (nSPS) is 24.6. The molecule has 2 aromatic carbocycles. The van der Waals surface area contributed by atoms with Crippen LogP contribution in [0.5, 0.6) is 11.5 Å². The van der Waals surface area contributed by atoms with Crippen LogP contribution in [0.2, 0.25) is 0 Å². The Balaban J connectivity index is 1.05. The molecule has 8 heteroatoms. The minimum atomic E-state index is 0.155. The van der Waals surface area contributed by atoms with Gasteiger partial charge < -0.3 is 24.8 Å². The predicted molar refractivity (Wildman–Crippen MR) is 176 cm³/mol. The van der Waals surface area contributed by atoms with E-state index in [9.17, 15) is 0 Å². The van der Waals surface area contributed by atoms with Gasteiger partial charge in [-0.25, -0.2) is 0 Å². The van der Waals surface area contributed by atoms with Crippen molar-refractivity contribution in [1.29, 1.82) is 5.41 Å². The standard InChI is InChI=1S/C36H47N5O3/c1-40-17-5-4-6-26(40)23-44-27-9-7-24(8-10-27)22-41-18-15-25(16-19-41)39-36(38)33-20-28(42-2)11-12-30(33)35(37)29-13-14-34(43-3)32-21-31(29)32/h7-14,20,25-26,31-32,37H,4-6,15-19,21-23H2,1-3H3,(H2,38,39). The summed E-state index contributed by atoms with van der Waals surface area (Å²) in [7, 11) is 5.58. The van der Waals surface area contributed by atoms with Gasteiger partial charge in [-0.15, -0.1) is 0 Å². The molecule has 2 aromatic rings. The number of nitrogens with one attached hydrogen (secondary N) is 1. The lowest BCUT2D eigenvalue weighted by Gasteiger charge is -2.32. The van der Waals surface area contributed by atoms with Crippen molar-refractivity contribution in [3.63, 3.8) is 0 Å². The molecular weight excluding hydrogens is 550 g/mol. The number of amidine groups is 1.